The highest BCUT2D eigenvalue weighted by molar-refractivity contribution is 6.06. The summed E-state index contributed by atoms with van der Waals surface area (Å²) < 4.78 is 10.8. The Balaban J connectivity index is 1.43. The lowest BCUT2D eigenvalue weighted by atomic mass is 10.00. The Bertz CT molecular complexity index is 1220. The van der Waals surface area contributed by atoms with Crippen LogP contribution < -0.4 is 25.0 Å². The number of benzene rings is 3. The quantitative estimate of drug-likeness (QED) is 0.518. The normalized spacial score (nSPS) is 12.4. The summed E-state index contributed by atoms with van der Waals surface area (Å²) in [4.78, 5) is 27.6. The number of amides is 2. The Morgan fingerprint density at radius 2 is 1.86 bits per heavy atom. The van der Waals surface area contributed by atoms with Gasteiger partial charge in [-0.1, -0.05) is 18.2 Å². The number of fused-ring (bicyclic) bond motifs is 1. The maximum absolute atomic E-state index is 13.2. The van der Waals surface area contributed by atoms with Gasteiger partial charge in [-0.25, -0.2) is 0 Å². The number of carbonyl (C=O) groups excluding carboxylic acids is 2. The molecule has 0 saturated heterocycles. The van der Waals surface area contributed by atoms with E-state index in [4.69, 9.17) is 9.47 Å². The lowest BCUT2D eigenvalue weighted by Gasteiger charge is -2.22. The van der Waals surface area contributed by atoms with Gasteiger partial charge in [-0.05, 0) is 79.0 Å². The zero-order valence-electron chi connectivity index (χ0n) is 20.4. The van der Waals surface area contributed by atoms with Crippen molar-refractivity contribution in [3.8, 4) is 11.5 Å². The largest absolute Gasteiger partial charge is 0.493 e. The molecular formula is C28H31N3O4. The minimum atomic E-state index is -0.231. The Hall–Kier alpha value is -3.84. The molecule has 1 heterocycles. The van der Waals surface area contributed by atoms with E-state index in [-0.39, 0.29) is 11.8 Å². The van der Waals surface area contributed by atoms with Crippen LogP contribution in [0.1, 0.15) is 44.3 Å². The first kappa shape index (κ1) is 24.3. The average Bonchev–Trinajstić information content (AvgIpc) is 2.91. The number of hydrogen-bond donors (Lipinski definition) is 2. The van der Waals surface area contributed by atoms with Crippen molar-refractivity contribution in [2.45, 2.75) is 26.4 Å². The molecule has 7 heteroatoms. The smallest absolute Gasteiger partial charge is 0.258 e. The summed E-state index contributed by atoms with van der Waals surface area (Å²) in [5, 5.41) is 6.29. The van der Waals surface area contributed by atoms with Crippen LogP contribution in [0, 0.1) is 0 Å². The second-order valence-corrected chi connectivity index (χ2v) is 8.43. The van der Waals surface area contributed by atoms with Crippen molar-refractivity contribution in [3.05, 3.63) is 88.5 Å². The molecule has 3 aromatic rings. The van der Waals surface area contributed by atoms with E-state index >= 15 is 0 Å². The molecule has 4 rings (SSSR count). The molecule has 2 N–H and O–H groups in total. The molecule has 0 aliphatic carbocycles. The molecular weight excluding hydrogens is 442 g/mol. The van der Waals surface area contributed by atoms with E-state index in [9.17, 15) is 9.59 Å². The monoisotopic (exact) mass is 473 g/mol. The molecule has 0 aromatic heterocycles. The first-order chi connectivity index (χ1) is 17.0. The van der Waals surface area contributed by atoms with Gasteiger partial charge in [0.2, 0.25) is 0 Å². The zero-order valence-corrected chi connectivity index (χ0v) is 20.4. The van der Waals surface area contributed by atoms with E-state index in [2.05, 4.69) is 22.8 Å². The van der Waals surface area contributed by atoms with Crippen LogP contribution >= 0.6 is 0 Å². The van der Waals surface area contributed by atoms with Crippen molar-refractivity contribution in [2.75, 3.05) is 32.2 Å². The second kappa shape index (κ2) is 11.1. The first-order valence-corrected chi connectivity index (χ1v) is 11.8. The molecule has 2 amide bonds. The molecule has 1 aliphatic rings. The third-order valence-corrected chi connectivity index (χ3v) is 6.12. The standard InChI is InChI=1S/C28H31N3O4/c1-4-35-26-16-21(9-11-25(26)34-3)27(32)30-17-19-6-5-7-22(14-19)28(33)31(2)24-10-8-20-12-13-29-18-23(20)15-24/h5-11,14-16,29H,4,12-13,17-18H2,1-3H3,(H,30,32). The van der Waals surface area contributed by atoms with Gasteiger partial charge in [-0.15, -0.1) is 0 Å². The fraction of sp³-hybridized carbons (Fsp3) is 0.286. The van der Waals surface area contributed by atoms with Crippen molar-refractivity contribution in [1.29, 1.82) is 0 Å². The summed E-state index contributed by atoms with van der Waals surface area (Å²) in [5.41, 5.74) is 5.31. The maximum Gasteiger partial charge on any atom is 0.258 e. The average molecular weight is 474 g/mol. The molecule has 1 aliphatic heterocycles. The summed E-state index contributed by atoms with van der Waals surface area (Å²) in [7, 11) is 3.35. The zero-order chi connectivity index (χ0) is 24.8. The molecule has 3 aromatic carbocycles. The van der Waals surface area contributed by atoms with Gasteiger partial charge in [0.05, 0.1) is 13.7 Å². The Morgan fingerprint density at radius 1 is 1.00 bits per heavy atom. The van der Waals surface area contributed by atoms with Crippen molar-refractivity contribution in [1.82, 2.24) is 10.6 Å². The van der Waals surface area contributed by atoms with E-state index in [0.29, 0.717) is 35.8 Å². The lowest BCUT2D eigenvalue weighted by molar-refractivity contribution is 0.0949. The fourth-order valence-electron chi connectivity index (χ4n) is 4.17. The number of nitrogens with zero attached hydrogens (tertiary/aromatic N) is 1. The van der Waals surface area contributed by atoms with Crippen LogP contribution in [-0.4, -0.2) is 39.1 Å². The van der Waals surface area contributed by atoms with Gasteiger partial charge in [0, 0.05) is 37.0 Å². The number of hydrogen-bond acceptors (Lipinski definition) is 5. The summed E-state index contributed by atoms with van der Waals surface area (Å²) >= 11 is 0. The van der Waals surface area contributed by atoms with Crippen molar-refractivity contribution < 1.29 is 19.1 Å². The highest BCUT2D eigenvalue weighted by atomic mass is 16.5. The second-order valence-electron chi connectivity index (χ2n) is 8.43. The molecule has 0 radical (unpaired) electrons. The number of ether oxygens (including phenoxy) is 2. The highest BCUT2D eigenvalue weighted by Crippen LogP contribution is 2.28. The predicted octanol–water partition coefficient (Wildman–Crippen LogP) is 3.95. The van der Waals surface area contributed by atoms with E-state index in [0.717, 1.165) is 30.8 Å². The van der Waals surface area contributed by atoms with E-state index < -0.39 is 0 Å². The van der Waals surface area contributed by atoms with Crippen LogP contribution in [0.4, 0.5) is 5.69 Å². The van der Waals surface area contributed by atoms with Gasteiger partial charge >= 0.3 is 0 Å². The molecule has 0 saturated carbocycles. The topological polar surface area (TPSA) is 79.9 Å². The van der Waals surface area contributed by atoms with E-state index in [1.165, 1.54) is 11.1 Å². The van der Waals surface area contributed by atoms with Gasteiger partial charge in [-0.3, -0.25) is 9.59 Å². The molecule has 35 heavy (non-hydrogen) atoms. The third-order valence-electron chi connectivity index (χ3n) is 6.12. The van der Waals surface area contributed by atoms with Crippen molar-refractivity contribution in [2.24, 2.45) is 0 Å². The van der Waals surface area contributed by atoms with Crippen molar-refractivity contribution in [3.63, 3.8) is 0 Å². The van der Waals surface area contributed by atoms with Gasteiger partial charge < -0.3 is 25.0 Å². The molecule has 0 atom stereocenters. The van der Waals surface area contributed by atoms with Crippen LogP contribution in [0.15, 0.2) is 60.7 Å². The van der Waals surface area contributed by atoms with Gasteiger partial charge in [-0.2, -0.15) is 0 Å². The van der Waals surface area contributed by atoms with Gasteiger partial charge in [0.15, 0.2) is 11.5 Å². The molecule has 0 unspecified atom stereocenters. The summed E-state index contributed by atoms with van der Waals surface area (Å²) in [6.45, 7) is 4.45. The Kier molecular flexibility index (Phi) is 7.67. The summed E-state index contributed by atoms with van der Waals surface area (Å²) in [6, 6.07) is 18.6. The minimum absolute atomic E-state index is 0.0987. The van der Waals surface area contributed by atoms with Crippen LogP contribution in [0.2, 0.25) is 0 Å². The fourth-order valence-corrected chi connectivity index (χ4v) is 4.17. The number of methoxy groups -OCH3 is 1. The SMILES string of the molecule is CCOc1cc(C(=O)NCc2cccc(C(=O)N(C)c3ccc4c(c3)CNCC4)c2)ccc1OC. The van der Waals surface area contributed by atoms with E-state index in [1.54, 1.807) is 43.3 Å². The third kappa shape index (κ3) is 5.63. The highest BCUT2D eigenvalue weighted by Gasteiger charge is 2.17. The molecule has 0 fully saturated rings. The van der Waals surface area contributed by atoms with Crippen LogP contribution in [-0.2, 0) is 19.5 Å². The van der Waals surface area contributed by atoms with Crippen LogP contribution in [0.5, 0.6) is 11.5 Å². The maximum atomic E-state index is 13.2. The number of carbonyl (C=O) groups is 2. The van der Waals surface area contributed by atoms with Gasteiger partial charge in [0.25, 0.3) is 11.8 Å². The minimum Gasteiger partial charge on any atom is -0.493 e. The Morgan fingerprint density at radius 3 is 2.66 bits per heavy atom. The summed E-state index contributed by atoms with van der Waals surface area (Å²) in [5.74, 6) is 0.772. The molecule has 7 nitrogen and oxygen atoms in total. The molecule has 0 bridgehead atoms. The summed E-state index contributed by atoms with van der Waals surface area (Å²) in [6.07, 6.45) is 1.00. The number of nitrogens with one attached hydrogen (secondary N) is 2. The lowest BCUT2D eigenvalue weighted by Crippen LogP contribution is -2.28. The molecule has 182 valence electrons. The van der Waals surface area contributed by atoms with Crippen LogP contribution in [0.3, 0.4) is 0 Å². The molecule has 0 spiro atoms. The van der Waals surface area contributed by atoms with Crippen LogP contribution in [0.25, 0.3) is 0 Å². The van der Waals surface area contributed by atoms with Crippen molar-refractivity contribution >= 4 is 17.5 Å². The number of anilines is 1. The number of rotatable bonds is 8. The predicted molar refractivity (Wildman–Crippen MR) is 136 cm³/mol. The first-order valence-electron chi connectivity index (χ1n) is 11.8. The van der Waals surface area contributed by atoms with Gasteiger partial charge in [0.1, 0.15) is 0 Å². The van der Waals surface area contributed by atoms with E-state index in [1.807, 2.05) is 31.2 Å². The Labute approximate surface area is 206 Å².